The van der Waals surface area contributed by atoms with E-state index in [1.165, 1.54) is 11.2 Å². The molecule has 156 valence electrons. The molecule has 8 heteroatoms. The van der Waals surface area contributed by atoms with E-state index < -0.39 is 0 Å². The molecular formula is C24H17N5O2S. The highest BCUT2D eigenvalue weighted by Gasteiger charge is 2.08. The van der Waals surface area contributed by atoms with Crippen LogP contribution in [0.15, 0.2) is 96.9 Å². The molecular weight excluding hydrogens is 422 g/mol. The number of thiophene rings is 1. The van der Waals surface area contributed by atoms with Crippen LogP contribution in [0.2, 0.25) is 0 Å². The standard InChI is InChI=1S/C24H17N5O2S/c30-24(18-6-4-17(5-7-18)21-3-1-14-32-21)28-19-8-10-20(11-9-19)31-23-15-22(25-16-26-23)29-13-2-12-27-29/h1-16H,(H,28,30). The number of aromatic nitrogens is 4. The summed E-state index contributed by atoms with van der Waals surface area (Å²) in [6.07, 6.45) is 4.89. The van der Waals surface area contributed by atoms with Gasteiger partial charge in [0.05, 0.1) is 0 Å². The molecule has 0 spiro atoms. The number of anilines is 1. The summed E-state index contributed by atoms with van der Waals surface area (Å²) in [5, 5.41) is 9.08. The van der Waals surface area contributed by atoms with Crippen LogP contribution in [0.5, 0.6) is 11.6 Å². The summed E-state index contributed by atoms with van der Waals surface area (Å²) in [7, 11) is 0. The molecule has 5 rings (SSSR count). The van der Waals surface area contributed by atoms with Crippen molar-refractivity contribution in [2.24, 2.45) is 0 Å². The largest absolute Gasteiger partial charge is 0.439 e. The number of nitrogens with one attached hydrogen (secondary N) is 1. The zero-order valence-corrected chi connectivity index (χ0v) is 17.6. The second kappa shape index (κ2) is 8.83. The first-order valence-corrected chi connectivity index (χ1v) is 10.7. The smallest absolute Gasteiger partial charge is 0.255 e. The van der Waals surface area contributed by atoms with Crippen LogP contribution in [0.4, 0.5) is 5.69 Å². The number of hydrogen-bond acceptors (Lipinski definition) is 6. The zero-order chi connectivity index (χ0) is 21.8. The van der Waals surface area contributed by atoms with Gasteiger partial charge >= 0.3 is 0 Å². The van der Waals surface area contributed by atoms with Gasteiger partial charge in [-0.25, -0.2) is 14.6 Å². The molecule has 0 aliphatic carbocycles. The van der Waals surface area contributed by atoms with Gasteiger partial charge in [-0.1, -0.05) is 18.2 Å². The van der Waals surface area contributed by atoms with Crippen molar-refractivity contribution in [3.05, 3.63) is 102 Å². The third-order valence-corrected chi connectivity index (χ3v) is 5.57. The van der Waals surface area contributed by atoms with Crippen LogP contribution in [-0.2, 0) is 0 Å². The summed E-state index contributed by atoms with van der Waals surface area (Å²) in [5.74, 6) is 1.42. The monoisotopic (exact) mass is 439 g/mol. The molecule has 32 heavy (non-hydrogen) atoms. The van der Waals surface area contributed by atoms with Crippen molar-refractivity contribution >= 4 is 22.9 Å². The average Bonchev–Trinajstić information content (AvgIpc) is 3.55. The molecule has 2 aromatic carbocycles. The highest BCUT2D eigenvalue weighted by atomic mass is 32.1. The number of ether oxygens (including phenoxy) is 1. The van der Waals surface area contributed by atoms with Gasteiger partial charge in [-0.3, -0.25) is 4.79 Å². The number of hydrogen-bond donors (Lipinski definition) is 1. The first kappa shape index (κ1) is 19.7. The Balaban J connectivity index is 1.23. The van der Waals surface area contributed by atoms with Gasteiger partial charge in [0.15, 0.2) is 5.82 Å². The molecule has 3 aromatic heterocycles. The van der Waals surface area contributed by atoms with E-state index in [1.807, 2.05) is 41.8 Å². The van der Waals surface area contributed by atoms with Crippen LogP contribution in [0, 0.1) is 0 Å². The van der Waals surface area contributed by atoms with Gasteiger partial charge in [0.1, 0.15) is 12.1 Å². The normalized spacial score (nSPS) is 10.6. The molecule has 0 aliphatic heterocycles. The van der Waals surface area contributed by atoms with E-state index in [-0.39, 0.29) is 5.91 Å². The van der Waals surface area contributed by atoms with Gasteiger partial charge in [-0.15, -0.1) is 11.3 Å². The van der Waals surface area contributed by atoms with Gasteiger partial charge in [0.2, 0.25) is 5.88 Å². The molecule has 0 radical (unpaired) electrons. The van der Waals surface area contributed by atoms with Crippen molar-refractivity contribution in [2.45, 2.75) is 0 Å². The molecule has 0 fully saturated rings. The van der Waals surface area contributed by atoms with Crippen molar-refractivity contribution in [3.8, 4) is 27.9 Å². The van der Waals surface area contributed by atoms with Crippen molar-refractivity contribution in [1.29, 1.82) is 0 Å². The van der Waals surface area contributed by atoms with Gasteiger partial charge in [0.25, 0.3) is 5.91 Å². The molecule has 0 saturated carbocycles. The summed E-state index contributed by atoms with van der Waals surface area (Å²) in [6.45, 7) is 0. The third kappa shape index (κ3) is 4.40. The lowest BCUT2D eigenvalue weighted by atomic mass is 10.1. The molecule has 3 heterocycles. The average molecular weight is 440 g/mol. The Bertz CT molecular complexity index is 1320. The number of rotatable bonds is 6. The SMILES string of the molecule is O=C(Nc1ccc(Oc2cc(-n3cccn3)ncn2)cc1)c1ccc(-c2cccs2)cc1. The highest BCUT2D eigenvalue weighted by molar-refractivity contribution is 7.13. The molecule has 1 amide bonds. The van der Waals surface area contributed by atoms with Gasteiger partial charge in [0, 0.05) is 34.6 Å². The van der Waals surface area contributed by atoms with E-state index in [9.17, 15) is 4.79 Å². The number of benzene rings is 2. The van der Waals surface area contributed by atoms with E-state index in [0.717, 1.165) is 5.56 Å². The van der Waals surface area contributed by atoms with Crippen LogP contribution in [-0.4, -0.2) is 25.7 Å². The number of nitrogens with zero attached hydrogens (tertiary/aromatic N) is 4. The first-order valence-electron chi connectivity index (χ1n) is 9.80. The van der Waals surface area contributed by atoms with E-state index in [0.29, 0.717) is 28.7 Å². The minimum atomic E-state index is -0.170. The molecule has 1 N–H and O–H groups in total. The predicted octanol–water partition coefficient (Wildman–Crippen LogP) is 5.44. The van der Waals surface area contributed by atoms with Gasteiger partial charge in [-0.05, 0) is 59.5 Å². The van der Waals surface area contributed by atoms with Crippen LogP contribution in [0.25, 0.3) is 16.3 Å². The number of carbonyl (C=O) groups excluding carboxylic acids is 1. The van der Waals surface area contributed by atoms with E-state index in [4.69, 9.17) is 4.74 Å². The molecule has 0 unspecified atom stereocenters. The Morgan fingerprint density at radius 1 is 0.969 bits per heavy atom. The van der Waals surface area contributed by atoms with E-state index in [2.05, 4.69) is 26.4 Å². The summed E-state index contributed by atoms with van der Waals surface area (Å²) in [6, 6.07) is 22.2. The lowest BCUT2D eigenvalue weighted by Crippen LogP contribution is -2.11. The van der Waals surface area contributed by atoms with E-state index in [1.54, 1.807) is 58.7 Å². The fraction of sp³-hybridized carbons (Fsp3) is 0. The van der Waals surface area contributed by atoms with Crippen LogP contribution >= 0.6 is 11.3 Å². The molecule has 0 saturated heterocycles. The van der Waals surface area contributed by atoms with Gasteiger partial charge in [-0.2, -0.15) is 5.10 Å². The lowest BCUT2D eigenvalue weighted by molar-refractivity contribution is 0.102. The fourth-order valence-electron chi connectivity index (χ4n) is 3.07. The maximum Gasteiger partial charge on any atom is 0.255 e. The summed E-state index contributed by atoms with van der Waals surface area (Å²) in [4.78, 5) is 22.1. The Morgan fingerprint density at radius 3 is 2.53 bits per heavy atom. The van der Waals surface area contributed by atoms with Crippen LogP contribution < -0.4 is 10.1 Å². The second-order valence-corrected chi connectivity index (χ2v) is 7.75. The first-order chi connectivity index (χ1) is 15.7. The van der Waals surface area contributed by atoms with E-state index >= 15 is 0 Å². The maximum absolute atomic E-state index is 12.6. The quantitative estimate of drug-likeness (QED) is 0.381. The van der Waals surface area contributed by atoms with Crippen molar-refractivity contribution in [3.63, 3.8) is 0 Å². The summed E-state index contributed by atoms with van der Waals surface area (Å²) >= 11 is 1.67. The van der Waals surface area contributed by atoms with Crippen molar-refractivity contribution < 1.29 is 9.53 Å². The minimum Gasteiger partial charge on any atom is -0.439 e. The topological polar surface area (TPSA) is 81.9 Å². The minimum absolute atomic E-state index is 0.170. The van der Waals surface area contributed by atoms with Crippen molar-refractivity contribution in [2.75, 3.05) is 5.32 Å². The molecule has 0 aliphatic rings. The number of amides is 1. The molecule has 0 atom stereocenters. The Hall–Kier alpha value is -4.30. The Morgan fingerprint density at radius 2 is 1.81 bits per heavy atom. The van der Waals surface area contributed by atoms with Gasteiger partial charge < -0.3 is 10.1 Å². The number of carbonyl (C=O) groups is 1. The lowest BCUT2D eigenvalue weighted by Gasteiger charge is -2.09. The molecule has 5 aromatic rings. The zero-order valence-electron chi connectivity index (χ0n) is 16.8. The predicted molar refractivity (Wildman–Crippen MR) is 123 cm³/mol. The third-order valence-electron chi connectivity index (χ3n) is 4.65. The Labute approximate surface area is 188 Å². The summed E-state index contributed by atoms with van der Waals surface area (Å²) in [5.41, 5.74) is 2.36. The second-order valence-electron chi connectivity index (χ2n) is 6.80. The maximum atomic E-state index is 12.6. The molecule has 0 bridgehead atoms. The summed E-state index contributed by atoms with van der Waals surface area (Å²) < 4.78 is 7.43. The Kier molecular flexibility index (Phi) is 5.42. The molecule has 7 nitrogen and oxygen atoms in total. The van der Waals surface area contributed by atoms with Crippen molar-refractivity contribution in [1.82, 2.24) is 19.7 Å². The van der Waals surface area contributed by atoms with Crippen LogP contribution in [0.3, 0.4) is 0 Å². The van der Waals surface area contributed by atoms with Crippen LogP contribution in [0.1, 0.15) is 10.4 Å². The fourth-order valence-corrected chi connectivity index (χ4v) is 3.81. The highest BCUT2D eigenvalue weighted by Crippen LogP contribution is 2.25.